The van der Waals surface area contributed by atoms with Gasteiger partial charge in [0.2, 0.25) is 11.7 Å². The summed E-state index contributed by atoms with van der Waals surface area (Å²) < 4.78 is 7.33. The third kappa shape index (κ3) is 5.34. The summed E-state index contributed by atoms with van der Waals surface area (Å²) in [5.41, 5.74) is 2.23. The predicted molar refractivity (Wildman–Crippen MR) is 103 cm³/mol. The smallest absolute Gasteiger partial charge is 0.740 e. The molecule has 0 radical (unpaired) electrons. The van der Waals surface area contributed by atoms with Crippen molar-refractivity contribution in [3.05, 3.63) is 77.9 Å². The Bertz CT molecular complexity index is 1000. The van der Waals surface area contributed by atoms with Gasteiger partial charge in [-0.1, -0.05) is 65.8 Å². The van der Waals surface area contributed by atoms with Crippen molar-refractivity contribution < 1.29 is 55.9 Å². The maximum atomic E-state index is 5.38. The summed E-state index contributed by atoms with van der Waals surface area (Å²) in [5.74, 6) is 1.82. The van der Waals surface area contributed by atoms with Crippen LogP contribution in [0.3, 0.4) is 0 Å². The molecule has 0 aliphatic heterocycles. The number of hydrogen-bond acceptors (Lipinski definition) is 6. The quantitative estimate of drug-likeness (QED) is 0.323. The second-order valence-electron chi connectivity index (χ2n) is 6.19. The van der Waals surface area contributed by atoms with Crippen molar-refractivity contribution in [1.29, 1.82) is 0 Å². The molecule has 28 heavy (non-hydrogen) atoms. The van der Waals surface area contributed by atoms with Gasteiger partial charge in [-0.3, -0.25) is 0 Å². The number of aryl methyl sites for hydroxylation is 1. The van der Waals surface area contributed by atoms with Crippen LogP contribution < -0.4 is 51.4 Å². The molecule has 4 aromatic rings. The number of rotatable bonds is 7. The van der Waals surface area contributed by atoms with E-state index in [0.29, 0.717) is 23.3 Å². The van der Waals surface area contributed by atoms with E-state index < -0.39 is 0 Å². The second-order valence-corrected chi connectivity index (χ2v) is 6.56. The molecule has 0 bridgehead atoms. The van der Waals surface area contributed by atoms with Gasteiger partial charge < -0.3 is 21.7 Å². The Morgan fingerprint density at radius 3 is 2.39 bits per heavy atom. The van der Waals surface area contributed by atoms with Crippen LogP contribution in [-0.4, -0.2) is 24.9 Å². The van der Waals surface area contributed by atoms with Gasteiger partial charge in [-0.05, 0) is 18.4 Å². The summed E-state index contributed by atoms with van der Waals surface area (Å²) in [5, 5.41) is 12.8. The fourth-order valence-corrected chi connectivity index (χ4v) is 3.16. The first kappa shape index (κ1) is 21.3. The number of nitrogens with zero attached hydrogens (tertiary/aromatic N) is 5. The first-order chi connectivity index (χ1) is 13.3. The molecule has 136 valence electrons. The van der Waals surface area contributed by atoms with Crippen molar-refractivity contribution in [1.82, 2.24) is 24.9 Å². The maximum Gasteiger partial charge on any atom is 1.00 e. The summed E-state index contributed by atoms with van der Waals surface area (Å²) in [6, 6.07) is 20.1. The molecule has 0 atom stereocenters. The van der Waals surface area contributed by atoms with E-state index in [9.17, 15) is 0 Å². The molecule has 0 aliphatic carbocycles. The van der Waals surface area contributed by atoms with E-state index in [0.717, 1.165) is 30.8 Å². The van der Waals surface area contributed by atoms with E-state index in [1.54, 1.807) is 0 Å². The van der Waals surface area contributed by atoms with E-state index in [4.69, 9.17) is 17.2 Å². The molecule has 0 spiro atoms. The molecule has 2 aromatic carbocycles. The number of hydrogen-bond donors (Lipinski definition) is 0. The monoisotopic (exact) mass is 415 g/mol. The minimum absolute atomic E-state index is 0. The SMILES string of the molecule is [K+].[S-]c1nnc(Cc2nc(-c3ccccc3)no2)n1CCCc1ccccc1. The van der Waals surface area contributed by atoms with Crippen LogP contribution in [0.15, 0.2) is 70.3 Å². The van der Waals surface area contributed by atoms with E-state index in [-0.39, 0.29) is 51.4 Å². The van der Waals surface area contributed by atoms with Gasteiger partial charge in [-0.25, -0.2) is 0 Å². The first-order valence-electron chi connectivity index (χ1n) is 8.80. The Kier molecular flexibility index (Phi) is 7.89. The first-order valence-corrected chi connectivity index (χ1v) is 9.21. The molecule has 0 unspecified atom stereocenters. The molecular formula is C20H18KN5OS. The van der Waals surface area contributed by atoms with Crippen molar-refractivity contribution >= 4 is 12.6 Å². The Labute approximate surface area is 211 Å². The third-order valence-corrected chi connectivity index (χ3v) is 4.59. The topological polar surface area (TPSA) is 69.6 Å². The molecule has 6 nitrogen and oxygen atoms in total. The number of aromatic nitrogens is 5. The van der Waals surface area contributed by atoms with Gasteiger partial charge in [0.25, 0.3) is 0 Å². The Hall–Kier alpha value is -1.42. The van der Waals surface area contributed by atoms with Crippen molar-refractivity contribution in [3.8, 4) is 11.4 Å². The van der Waals surface area contributed by atoms with Crippen LogP contribution in [0.5, 0.6) is 0 Å². The van der Waals surface area contributed by atoms with Crippen LogP contribution in [0.4, 0.5) is 0 Å². The van der Waals surface area contributed by atoms with Gasteiger partial charge in [-0.2, -0.15) is 10.1 Å². The zero-order valence-corrected chi connectivity index (χ0v) is 19.6. The van der Waals surface area contributed by atoms with Crippen molar-refractivity contribution in [3.63, 3.8) is 0 Å². The van der Waals surface area contributed by atoms with Crippen LogP contribution in [0, 0.1) is 0 Å². The molecule has 2 heterocycles. The number of benzene rings is 2. The van der Waals surface area contributed by atoms with E-state index in [2.05, 4.69) is 44.6 Å². The third-order valence-electron chi connectivity index (χ3n) is 4.29. The van der Waals surface area contributed by atoms with Crippen molar-refractivity contribution in [2.75, 3.05) is 0 Å². The molecular weight excluding hydrogens is 397 g/mol. The Morgan fingerprint density at radius 1 is 0.929 bits per heavy atom. The van der Waals surface area contributed by atoms with Gasteiger partial charge in [-0.15, -0.1) is 5.10 Å². The van der Waals surface area contributed by atoms with Crippen LogP contribution >= 0.6 is 0 Å². The fourth-order valence-electron chi connectivity index (χ4n) is 2.93. The van der Waals surface area contributed by atoms with Gasteiger partial charge in [0.15, 0.2) is 0 Å². The summed E-state index contributed by atoms with van der Waals surface area (Å²) >= 11 is 5.32. The molecule has 0 aliphatic rings. The molecule has 4 rings (SSSR count). The average molecular weight is 416 g/mol. The second kappa shape index (κ2) is 10.4. The fraction of sp³-hybridized carbons (Fsp3) is 0.200. The minimum atomic E-state index is 0. The van der Waals surface area contributed by atoms with Crippen LogP contribution in [0.1, 0.15) is 23.7 Å². The molecule has 0 amide bonds. The molecule has 0 N–H and O–H groups in total. The normalized spacial score (nSPS) is 10.6. The molecule has 2 aromatic heterocycles. The van der Waals surface area contributed by atoms with Crippen molar-refractivity contribution in [2.45, 2.75) is 31.0 Å². The maximum absolute atomic E-state index is 5.38. The zero-order chi connectivity index (χ0) is 18.5. The van der Waals surface area contributed by atoms with E-state index in [1.165, 1.54) is 5.56 Å². The van der Waals surface area contributed by atoms with Gasteiger partial charge >= 0.3 is 51.4 Å². The average Bonchev–Trinajstić information content (AvgIpc) is 3.32. The minimum Gasteiger partial charge on any atom is -0.740 e. The zero-order valence-electron chi connectivity index (χ0n) is 15.7. The van der Waals surface area contributed by atoms with Crippen LogP contribution in [0.2, 0.25) is 0 Å². The van der Waals surface area contributed by atoms with Crippen molar-refractivity contribution in [2.24, 2.45) is 0 Å². The summed E-state index contributed by atoms with van der Waals surface area (Å²) in [7, 11) is 0. The molecule has 0 saturated heterocycles. The summed E-state index contributed by atoms with van der Waals surface area (Å²) in [4.78, 5) is 4.46. The van der Waals surface area contributed by atoms with Gasteiger partial charge in [0, 0.05) is 17.3 Å². The molecule has 8 heteroatoms. The predicted octanol–water partition coefficient (Wildman–Crippen LogP) is 0.462. The van der Waals surface area contributed by atoms with Crippen LogP contribution in [-0.2, 0) is 32.0 Å². The van der Waals surface area contributed by atoms with E-state index in [1.807, 2.05) is 41.0 Å². The largest absolute Gasteiger partial charge is 1.00 e. The molecule has 0 saturated carbocycles. The Morgan fingerprint density at radius 2 is 1.64 bits per heavy atom. The molecule has 0 fully saturated rings. The summed E-state index contributed by atoms with van der Waals surface area (Å²) in [6.45, 7) is 0.760. The standard InChI is InChI=1S/C20H19N5OS.K/c27-20-23-22-17(25(20)13-7-10-15-8-3-1-4-9-15)14-18-21-19(24-26-18)16-11-5-2-6-12-16;/h1-6,8-9,11-12H,7,10,13-14H2,(H,23,27);/q;+1/p-1. The Balaban J connectivity index is 0.00000225. The van der Waals surface area contributed by atoms with Gasteiger partial charge in [0.05, 0.1) is 6.42 Å². The summed E-state index contributed by atoms with van der Waals surface area (Å²) in [6.07, 6.45) is 2.35. The van der Waals surface area contributed by atoms with E-state index >= 15 is 0 Å². The van der Waals surface area contributed by atoms with Gasteiger partial charge in [0.1, 0.15) is 5.82 Å². The van der Waals surface area contributed by atoms with Crippen LogP contribution in [0.25, 0.3) is 11.4 Å².